The molecule has 5 heteroatoms. The topological polar surface area (TPSA) is 57.6 Å². The van der Waals surface area contributed by atoms with E-state index in [1.807, 2.05) is 24.3 Å². The number of aliphatic carboxylic acids is 1. The molecule has 0 aromatic heterocycles. The van der Waals surface area contributed by atoms with Crippen molar-refractivity contribution >= 4 is 40.2 Å². The lowest BCUT2D eigenvalue weighted by Crippen LogP contribution is -2.30. The number of benzene rings is 1. The van der Waals surface area contributed by atoms with E-state index in [4.69, 9.17) is 5.11 Å². The second-order valence-electron chi connectivity index (χ2n) is 3.62. The fourth-order valence-electron chi connectivity index (χ4n) is 1.82. The largest absolute Gasteiger partial charge is 0.481 e. The highest BCUT2D eigenvalue weighted by Gasteiger charge is 2.37. The van der Waals surface area contributed by atoms with E-state index in [0.717, 1.165) is 9.26 Å². The van der Waals surface area contributed by atoms with Crippen LogP contribution >= 0.6 is 22.6 Å². The monoisotopic (exact) mass is 331 g/mol. The van der Waals surface area contributed by atoms with Gasteiger partial charge in [-0.3, -0.25) is 9.59 Å². The van der Waals surface area contributed by atoms with Crippen molar-refractivity contribution in [3.8, 4) is 0 Å². The molecule has 0 aliphatic carbocycles. The van der Waals surface area contributed by atoms with Crippen LogP contribution in [0.25, 0.3) is 0 Å². The van der Waals surface area contributed by atoms with E-state index in [-0.39, 0.29) is 5.91 Å². The number of rotatable bonds is 2. The van der Waals surface area contributed by atoms with Gasteiger partial charge in [0.05, 0.1) is 5.69 Å². The highest BCUT2D eigenvalue weighted by atomic mass is 127. The van der Waals surface area contributed by atoms with Gasteiger partial charge in [0, 0.05) is 10.1 Å². The zero-order valence-corrected chi connectivity index (χ0v) is 10.5. The van der Waals surface area contributed by atoms with Crippen LogP contribution in [0.5, 0.6) is 0 Å². The Balaban J connectivity index is 2.29. The Morgan fingerprint density at radius 3 is 2.69 bits per heavy atom. The van der Waals surface area contributed by atoms with Crippen molar-refractivity contribution in [1.29, 1.82) is 0 Å². The first-order chi connectivity index (χ1) is 7.61. The summed E-state index contributed by atoms with van der Waals surface area (Å²) in [4.78, 5) is 24.2. The Kier molecular flexibility index (Phi) is 3.13. The Hall–Kier alpha value is -1.11. The number of halogens is 1. The smallest absolute Gasteiger partial charge is 0.316 e. The first-order valence-electron chi connectivity index (χ1n) is 4.90. The van der Waals surface area contributed by atoms with Crippen LogP contribution < -0.4 is 4.90 Å². The third kappa shape index (κ3) is 1.91. The molecule has 1 aliphatic heterocycles. The molecule has 1 aromatic rings. The lowest BCUT2D eigenvalue weighted by molar-refractivity contribution is -0.144. The quantitative estimate of drug-likeness (QED) is 0.663. The number of hydrogen-bond acceptors (Lipinski definition) is 2. The molecule has 1 aromatic carbocycles. The summed E-state index contributed by atoms with van der Waals surface area (Å²) in [6.45, 7) is 0.482. The number of nitrogens with zero attached hydrogens (tertiary/aromatic N) is 1. The fraction of sp³-hybridized carbons (Fsp3) is 0.273. The molecule has 1 N–H and O–H groups in total. The average molecular weight is 331 g/mol. The van der Waals surface area contributed by atoms with Crippen molar-refractivity contribution in [2.45, 2.75) is 6.42 Å². The van der Waals surface area contributed by atoms with Crippen molar-refractivity contribution in [2.75, 3.05) is 11.4 Å². The summed E-state index contributed by atoms with van der Waals surface area (Å²) in [5.74, 6) is -2.22. The predicted octanol–water partition coefficient (Wildman–Crippen LogP) is 1.73. The summed E-state index contributed by atoms with van der Waals surface area (Å²) >= 11 is 2.14. The maximum Gasteiger partial charge on any atom is 0.316 e. The van der Waals surface area contributed by atoms with E-state index >= 15 is 0 Å². The minimum atomic E-state index is -1.03. The molecule has 84 valence electrons. The van der Waals surface area contributed by atoms with Gasteiger partial charge in [-0.15, -0.1) is 0 Å². The molecule has 16 heavy (non-hydrogen) atoms. The van der Waals surface area contributed by atoms with Gasteiger partial charge < -0.3 is 10.0 Å². The second kappa shape index (κ2) is 4.40. The van der Waals surface area contributed by atoms with Gasteiger partial charge in [-0.2, -0.15) is 0 Å². The average Bonchev–Trinajstić information content (AvgIpc) is 2.61. The standard InChI is InChI=1S/C11H10INO3/c12-8-3-1-2-4-9(8)13-6-5-7(10(13)14)11(15)16/h1-4,7H,5-6H2,(H,15,16). The van der Waals surface area contributed by atoms with Crippen LogP contribution in [0, 0.1) is 9.49 Å². The maximum absolute atomic E-state index is 11.8. The number of para-hydroxylation sites is 1. The van der Waals surface area contributed by atoms with Gasteiger partial charge in [-0.05, 0) is 41.1 Å². The highest BCUT2D eigenvalue weighted by Crippen LogP contribution is 2.28. The summed E-state index contributed by atoms with van der Waals surface area (Å²) in [7, 11) is 0. The van der Waals surface area contributed by atoms with Crippen LogP contribution in [0.2, 0.25) is 0 Å². The van der Waals surface area contributed by atoms with Crippen LogP contribution in [0.3, 0.4) is 0 Å². The fourth-order valence-corrected chi connectivity index (χ4v) is 2.50. The Bertz CT molecular complexity index is 447. The van der Waals surface area contributed by atoms with E-state index < -0.39 is 11.9 Å². The number of carbonyl (C=O) groups excluding carboxylic acids is 1. The van der Waals surface area contributed by atoms with E-state index in [1.54, 1.807) is 4.90 Å². The molecule has 1 atom stereocenters. The van der Waals surface area contributed by atoms with Gasteiger partial charge in [0.15, 0.2) is 0 Å². The zero-order valence-electron chi connectivity index (χ0n) is 8.39. The van der Waals surface area contributed by atoms with Crippen LogP contribution in [0.15, 0.2) is 24.3 Å². The van der Waals surface area contributed by atoms with Gasteiger partial charge in [0.1, 0.15) is 5.92 Å². The molecule has 2 rings (SSSR count). The van der Waals surface area contributed by atoms with Crippen molar-refractivity contribution in [3.63, 3.8) is 0 Å². The van der Waals surface area contributed by atoms with E-state index in [2.05, 4.69) is 22.6 Å². The van der Waals surface area contributed by atoms with Crippen LogP contribution in [0.1, 0.15) is 6.42 Å². The molecule has 0 bridgehead atoms. The van der Waals surface area contributed by atoms with Crippen LogP contribution in [-0.4, -0.2) is 23.5 Å². The number of amides is 1. The molecule has 1 unspecified atom stereocenters. The number of hydrogen-bond donors (Lipinski definition) is 1. The Morgan fingerprint density at radius 2 is 2.12 bits per heavy atom. The molecular formula is C11H10INO3. The van der Waals surface area contributed by atoms with E-state index in [0.29, 0.717) is 13.0 Å². The third-order valence-electron chi connectivity index (χ3n) is 2.65. The molecular weight excluding hydrogens is 321 g/mol. The molecule has 0 saturated carbocycles. The van der Waals surface area contributed by atoms with Gasteiger partial charge in [-0.1, -0.05) is 12.1 Å². The zero-order chi connectivity index (χ0) is 11.7. The molecule has 1 saturated heterocycles. The number of anilines is 1. The highest BCUT2D eigenvalue weighted by molar-refractivity contribution is 14.1. The molecule has 1 fully saturated rings. The molecule has 1 amide bonds. The van der Waals surface area contributed by atoms with Gasteiger partial charge in [0.2, 0.25) is 5.91 Å². The minimum Gasteiger partial charge on any atom is -0.481 e. The van der Waals surface area contributed by atoms with Gasteiger partial charge >= 0.3 is 5.97 Å². The number of carbonyl (C=O) groups is 2. The molecule has 1 aliphatic rings. The summed E-state index contributed by atoms with van der Waals surface area (Å²) in [6.07, 6.45) is 0.388. The Morgan fingerprint density at radius 1 is 1.44 bits per heavy atom. The third-order valence-corrected chi connectivity index (χ3v) is 3.56. The number of carboxylic acid groups (broad SMARTS) is 1. The van der Waals surface area contributed by atoms with Crippen molar-refractivity contribution in [3.05, 3.63) is 27.8 Å². The van der Waals surface area contributed by atoms with Crippen LogP contribution in [0.4, 0.5) is 5.69 Å². The molecule has 1 heterocycles. The summed E-state index contributed by atoms with van der Waals surface area (Å²) in [5.41, 5.74) is 0.803. The normalized spacial score (nSPS) is 20.2. The van der Waals surface area contributed by atoms with Crippen LogP contribution in [-0.2, 0) is 9.59 Å². The summed E-state index contributed by atoms with van der Waals surface area (Å²) < 4.78 is 0.958. The minimum absolute atomic E-state index is 0.309. The van der Waals surface area contributed by atoms with Crippen molar-refractivity contribution in [2.24, 2.45) is 5.92 Å². The van der Waals surface area contributed by atoms with Gasteiger partial charge in [-0.25, -0.2) is 0 Å². The molecule has 4 nitrogen and oxygen atoms in total. The summed E-state index contributed by atoms with van der Waals surface area (Å²) in [6, 6.07) is 7.47. The van der Waals surface area contributed by atoms with Crippen molar-refractivity contribution in [1.82, 2.24) is 0 Å². The SMILES string of the molecule is O=C(O)C1CCN(c2ccccc2I)C1=O. The van der Waals surface area contributed by atoms with Gasteiger partial charge in [0.25, 0.3) is 0 Å². The van der Waals surface area contributed by atoms with Crippen molar-refractivity contribution < 1.29 is 14.7 Å². The first kappa shape index (κ1) is 11.4. The molecule has 0 radical (unpaired) electrons. The number of carboxylic acids is 1. The predicted molar refractivity (Wildman–Crippen MR) is 67.3 cm³/mol. The lowest BCUT2D eigenvalue weighted by Gasteiger charge is -2.17. The maximum atomic E-state index is 11.8. The molecule has 0 spiro atoms. The van der Waals surface area contributed by atoms with E-state index in [1.165, 1.54) is 0 Å². The lowest BCUT2D eigenvalue weighted by atomic mass is 10.1. The van der Waals surface area contributed by atoms with E-state index in [9.17, 15) is 9.59 Å². The first-order valence-corrected chi connectivity index (χ1v) is 5.98. The summed E-state index contributed by atoms with van der Waals surface area (Å²) in [5, 5.41) is 8.87. The Labute approximate surface area is 106 Å². The second-order valence-corrected chi connectivity index (χ2v) is 4.78.